The molecule has 0 spiro atoms. The number of anilines is 1. The number of aromatic amines is 1. The van der Waals surface area contributed by atoms with Crippen molar-refractivity contribution in [3.63, 3.8) is 0 Å². The minimum absolute atomic E-state index is 0.182. The van der Waals surface area contributed by atoms with Crippen molar-refractivity contribution in [2.45, 2.75) is 6.17 Å². The lowest BCUT2D eigenvalue weighted by atomic mass is 10.1. The number of pyridine rings is 1. The van der Waals surface area contributed by atoms with Gasteiger partial charge in [0, 0.05) is 35.1 Å². The number of nitrogens with one attached hydrogen (secondary N) is 1. The molecule has 4 aromatic heterocycles. The predicted octanol–water partition coefficient (Wildman–Crippen LogP) is 2.83. The topological polar surface area (TPSA) is 84.9 Å². The van der Waals surface area contributed by atoms with Crippen molar-refractivity contribution in [1.82, 2.24) is 24.3 Å². The molecule has 3 N–H and O–H groups in total. The summed E-state index contributed by atoms with van der Waals surface area (Å²) in [4.78, 5) is 15.2. The molecule has 0 aliphatic carbocycles. The molecule has 4 rings (SSSR count). The monoisotopic (exact) mass is 314 g/mol. The zero-order valence-electron chi connectivity index (χ0n) is 11.9. The summed E-state index contributed by atoms with van der Waals surface area (Å²) < 4.78 is 27.9. The van der Waals surface area contributed by atoms with E-state index in [2.05, 4.69) is 19.9 Å². The van der Waals surface area contributed by atoms with Crippen LogP contribution in [-0.2, 0) is 0 Å². The Morgan fingerprint density at radius 3 is 2.96 bits per heavy atom. The van der Waals surface area contributed by atoms with Crippen molar-refractivity contribution in [3.8, 4) is 11.1 Å². The smallest absolute Gasteiger partial charge is 0.221 e. The number of imidazole rings is 1. The van der Waals surface area contributed by atoms with Gasteiger partial charge in [0.05, 0.1) is 11.9 Å². The van der Waals surface area contributed by atoms with Crippen LogP contribution >= 0.6 is 0 Å². The van der Waals surface area contributed by atoms with Crippen molar-refractivity contribution in [3.05, 3.63) is 42.6 Å². The summed E-state index contributed by atoms with van der Waals surface area (Å²) in [6.45, 7) is -1.09. The zero-order chi connectivity index (χ0) is 16.0. The molecule has 1 unspecified atom stereocenters. The van der Waals surface area contributed by atoms with E-state index in [4.69, 9.17) is 5.73 Å². The summed E-state index contributed by atoms with van der Waals surface area (Å²) in [5.41, 5.74) is 8.58. The van der Waals surface area contributed by atoms with Gasteiger partial charge in [0.2, 0.25) is 5.95 Å². The first-order chi connectivity index (χ1) is 11.2. The molecule has 4 heterocycles. The van der Waals surface area contributed by atoms with Crippen LogP contribution in [0.25, 0.3) is 27.8 Å². The highest BCUT2D eigenvalue weighted by atomic mass is 19.2. The summed E-state index contributed by atoms with van der Waals surface area (Å²) in [5.74, 6) is 0.182. The highest BCUT2D eigenvalue weighted by molar-refractivity contribution is 5.93. The molecule has 0 bridgehead atoms. The van der Waals surface area contributed by atoms with Crippen molar-refractivity contribution in [2.24, 2.45) is 0 Å². The molecule has 0 saturated heterocycles. The Labute approximate surface area is 129 Å². The van der Waals surface area contributed by atoms with Gasteiger partial charge in [-0.15, -0.1) is 0 Å². The first-order valence-electron chi connectivity index (χ1n) is 6.94. The van der Waals surface area contributed by atoms with E-state index in [0.717, 1.165) is 16.5 Å². The van der Waals surface area contributed by atoms with Crippen LogP contribution < -0.4 is 5.73 Å². The van der Waals surface area contributed by atoms with Gasteiger partial charge < -0.3 is 15.1 Å². The molecule has 0 fully saturated rings. The predicted molar refractivity (Wildman–Crippen MR) is 82.3 cm³/mol. The number of hydrogen-bond donors (Lipinski definition) is 2. The standard InChI is InChI=1S/C15H12F2N6/c16-3-11(17)12-6-19-13-2-1-8(7-23(12)13)9-4-20-14-10(9)5-21-15(18)22-14/h1-2,4-7,11H,3H2,(H3,18,20,21,22). The molecule has 0 aromatic carbocycles. The highest BCUT2D eigenvalue weighted by Gasteiger charge is 2.16. The van der Waals surface area contributed by atoms with Crippen LogP contribution in [-0.4, -0.2) is 31.0 Å². The number of alkyl halides is 2. The lowest BCUT2D eigenvalue weighted by Gasteiger charge is -2.06. The van der Waals surface area contributed by atoms with Crippen molar-refractivity contribution < 1.29 is 8.78 Å². The maximum atomic E-state index is 13.7. The molecule has 8 heteroatoms. The second-order valence-corrected chi connectivity index (χ2v) is 5.14. The van der Waals surface area contributed by atoms with E-state index in [9.17, 15) is 8.78 Å². The van der Waals surface area contributed by atoms with E-state index in [0.29, 0.717) is 11.3 Å². The first-order valence-corrected chi connectivity index (χ1v) is 6.94. The van der Waals surface area contributed by atoms with E-state index in [1.165, 1.54) is 6.20 Å². The fourth-order valence-electron chi connectivity index (χ4n) is 2.63. The van der Waals surface area contributed by atoms with Gasteiger partial charge in [-0.2, -0.15) is 4.98 Å². The van der Waals surface area contributed by atoms with Crippen molar-refractivity contribution in [2.75, 3.05) is 12.4 Å². The molecule has 0 aliphatic heterocycles. The normalized spacial score (nSPS) is 13.0. The van der Waals surface area contributed by atoms with Gasteiger partial charge in [-0.3, -0.25) is 0 Å². The van der Waals surface area contributed by atoms with Crippen LogP contribution in [0.1, 0.15) is 11.9 Å². The summed E-state index contributed by atoms with van der Waals surface area (Å²) >= 11 is 0. The van der Waals surface area contributed by atoms with E-state index in [1.807, 2.05) is 6.07 Å². The molecule has 1 atom stereocenters. The summed E-state index contributed by atoms with van der Waals surface area (Å²) in [5, 5.41) is 0.794. The van der Waals surface area contributed by atoms with Crippen LogP contribution in [0.5, 0.6) is 0 Å². The number of rotatable bonds is 3. The van der Waals surface area contributed by atoms with E-state index >= 15 is 0 Å². The molecular weight excluding hydrogens is 302 g/mol. The third kappa shape index (κ3) is 2.10. The summed E-state index contributed by atoms with van der Waals surface area (Å²) in [6.07, 6.45) is 4.77. The Bertz CT molecular complexity index is 1010. The Morgan fingerprint density at radius 1 is 1.26 bits per heavy atom. The Hall–Kier alpha value is -3.03. The average molecular weight is 314 g/mol. The highest BCUT2D eigenvalue weighted by Crippen LogP contribution is 2.29. The lowest BCUT2D eigenvalue weighted by molar-refractivity contribution is 0.259. The fourth-order valence-corrected chi connectivity index (χ4v) is 2.63. The quantitative estimate of drug-likeness (QED) is 0.609. The SMILES string of the molecule is Nc1ncc2c(-c3ccc4ncc(C(F)CF)n4c3)c[nH]c2n1. The second kappa shape index (κ2) is 5.01. The van der Waals surface area contributed by atoms with E-state index in [-0.39, 0.29) is 11.6 Å². The molecule has 23 heavy (non-hydrogen) atoms. The minimum atomic E-state index is -1.70. The molecule has 0 radical (unpaired) electrons. The molecular formula is C15H12F2N6. The largest absolute Gasteiger partial charge is 0.368 e. The van der Waals surface area contributed by atoms with Gasteiger partial charge in [-0.25, -0.2) is 18.7 Å². The van der Waals surface area contributed by atoms with Gasteiger partial charge >= 0.3 is 0 Å². The Kier molecular flexibility index (Phi) is 2.97. The van der Waals surface area contributed by atoms with Gasteiger partial charge in [0.25, 0.3) is 0 Å². The average Bonchev–Trinajstić information content (AvgIpc) is 3.16. The Morgan fingerprint density at radius 2 is 2.13 bits per heavy atom. The van der Waals surface area contributed by atoms with Gasteiger partial charge in [-0.1, -0.05) is 0 Å². The summed E-state index contributed by atoms with van der Waals surface area (Å²) in [6, 6.07) is 3.61. The Balaban J connectivity index is 1.90. The third-order valence-corrected chi connectivity index (χ3v) is 3.75. The second-order valence-electron chi connectivity index (χ2n) is 5.14. The number of nitrogens with two attached hydrogens (primary N) is 1. The van der Waals surface area contributed by atoms with Crippen LogP contribution in [0.3, 0.4) is 0 Å². The van der Waals surface area contributed by atoms with Crippen molar-refractivity contribution >= 4 is 22.6 Å². The number of H-pyrrole nitrogens is 1. The van der Waals surface area contributed by atoms with Gasteiger partial charge in [0.1, 0.15) is 18.0 Å². The zero-order valence-corrected chi connectivity index (χ0v) is 11.9. The molecule has 6 nitrogen and oxygen atoms in total. The summed E-state index contributed by atoms with van der Waals surface area (Å²) in [7, 11) is 0. The number of fused-ring (bicyclic) bond motifs is 2. The number of halogens is 2. The van der Waals surface area contributed by atoms with Crippen LogP contribution in [0.2, 0.25) is 0 Å². The number of hydrogen-bond acceptors (Lipinski definition) is 4. The number of aromatic nitrogens is 5. The van der Waals surface area contributed by atoms with Crippen molar-refractivity contribution in [1.29, 1.82) is 0 Å². The first kappa shape index (κ1) is 13.6. The van der Waals surface area contributed by atoms with Crippen LogP contribution in [0, 0.1) is 0 Å². The fraction of sp³-hybridized carbons (Fsp3) is 0.133. The molecule has 0 saturated carbocycles. The maximum Gasteiger partial charge on any atom is 0.221 e. The lowest BCUT2D eigenvalue weighted by Crippen LogP contribution is -1.99. The molecule has 0 amide bonds. The molecule has 0 aliphatic rings. The van der Waals surface area contributed by atoms with E-state index in [1.54, 1.807) is 29.1 Å². The van der Waals surface area contributed by atoms with Gasteiger partial charge in [0.15, 0.2) is 6.17 Å². The molecule has 4 aromatic rings. The van der Waals surface area contributed by atoms with Crippen LogP contribution in [0.4, 0.5) is 14.7 Å². The third-order valence-electron chi connectivity index (χ3n) is 3.75. The molecule has 116 valence electrons. The van der Waals surface area contributed by atoms with Gasteiger partial charge in [-0.05, 0) is 12.1 Å². The van der Waals surface area contributed by atoms with Crippen LogP contribution in [0.15, 0.2) is 36.9 Å². The number of nitrogens with zero attached hydrogens (tertiary/aromatic N) is 4. The minimum Gasteiger partial charge on any atom is -0.368 e. The maximum absolute atomic E-state index is 13.7. The van der Waals surface area contributed by atoms with E-state index < -0.39 is 12.8 Å². The number of nitrogen functional groups attached to an aromatic ring is 1.